The van der Waals surface area contributed by atoms with Crippen molar-refractivity contribution >= 4 is 15.8 Å². The van der Waals surface area contributed by atoms with Crippen LogP contribution in [-0.2, 0) is 14.4 Å². The van der Waals surface area contributed by atoms with Crippen molar-refractivity contribution in [1.82, 2.24) is 0 Å². The molecule has 0 saturated heterocycles. The van der Waals surface area contributed by atoms with Gasteiger partial charge in [0.05, 0.1) is 12.9 Å². The number of ether oxygens (including phenoxy) is 1. The van der Waals surface area contributed by atoms with Gasteiger partial charge in [0.2, 0.25) is 0 Å². The normalized spacial score (nSPS) is 13.1. The molecule has 0 amide bonds. The van der Waals surface area contributed by atoms with Crippen LogP contribution in [0.15, 0.2) is 29.4 Å². The molecule has 0 radical (unpaired) electrons. The molecule has 0 fully saturated rings. The van der Waals surface area contributed by atoms with Crippen molar-refractivity contribution < 1.29 is 30.6 Å². The highest BCUT2D eigenvalue weighted by Gasteiger charge is 2.38. The smallest absolute Gasteiger partial charge is 0.437 e. The molecule has 0 bridgehead atoms. The third-order valence-electron chi connectivity index (χ3n) is 2.33. The number of halogens is 3. The fourth-order valence-electron chi connectivity index (χ4n) is 1.40. The molecule has 1 aromatic carbocycles. The second kappa shape index (κ2) is 6.79. The van der Waals surface area contributed by atoms with E-state index in [4.69, 9.17) is 4.74 Å². The fraction of sp³-hybridized carbons (Fsp3) is 0.417. The Hall–Kier alpha value is -1.77. The predicted molar refractivity (Wildman–Crippen MR) is 70.7 cm³/mol. The van der Waals surface area contributed by atoms with E-state index in [9.17, 15) is 21.6 Å². The first kappa shape index (κ1) is 17.3. The number of nitrogens with zero attached hydrogens (tertiary/aromatic N) is 1. The minimum absolute atomic E-state index is 0.210. The Morgan fingerprint density at radius 1 is 1.24 bits per heavy atom. The molecule has 0 aliphatic carbocycles. The van der Waals surface area contributed by atoms with Crippen molar-refractivity contribution in [2.45, 2.75) is 19.5 Å². The van der Waals surface area contributed by atoms with Crippen LogP contribution in [0.2, 0.25) is 0 Å². The highest BCUT2D eigenvalue weighted by molar-refractivity contribution is 7.86. The number of oxime groups is 1. The van der Waals surface area contributed by atoms with Gasteiger partial charge in [0.1, 0.15) is 5.75 Å². The average Bonchev–Trinajstić information content (AvgIpc) is 2.38. The van der Waals surface area contributed by atoms with Crippen LogP contribution in [0.5, 0.6) is 5.75 Å². The zero-order valence-electron chi connectivity index (χ0n) is 11.3. The van der Waals surface area contributed by atoms with Gasteiger partial charge in [-0.05, 0) is 30.7 Å². The Labute approximate surface area is 120 Å². The second-order valence-corrected chi connectivity index (χ2v) is 5.68. The lowest BCUT2D eigenvalue weighted by Crippen LogP contribution is -2.25. The maximum atomic E-state index is 12.9. The summed E-state index contributed by atoms with van der Waals surface area (Å²) in [5.74, 6) is -0.0515. The summed E-state index contributed by atoms with van der Waals surface area (Å²) in [5.41, 5.74) is -1.75. The molecule has 0 atom stereocenters. The summed E-state index contributed by atoms with van der Waals surface area (Å²) < 4.78 is 70.2. The predicted octanol–water partition coefficient (Wildman–Crippen LogP) is 2.72. The summed E-state index contributed by atoms with van der Waals surface area (Å²) in [6, 6.07) is 4.83. The summed E-state index contributed by atoms with van der Waals surface area (Å²) in [6.07, 6.45) is -4.64. The number of hydrogen-bond acceptors (Lipinski definition) is 5. The Morgan fingerprint density at radius 2 is 1.81 bits per heavy atom. The lowest BCUT2D eigenvalue weighted by Gasteiger charge is -2.10. The van der Waals surface area contributed by atoms with Crippen molar-refractivity contribution in [2.75, 3.05) is 12.9 Å². The van der Waals surface area contributed by atoms with Gasteiger partial charge < -0.3 is 4.74 Å². The summed E-state index contributed by atoms with van der Waals surface area (Å²) in [4.78, 5) is 0. The quantitative estimate of drug-likeness (QED) is 0.596. The Bertz CT molecular complexity index is 594. The molecule has 118 valence electrons. The summed E-state index contributed by atoms with van der Waals surface area (Å²) in [5, 5.41) is 2.77. The first-order valence-electron chi connectivity index (χ1n) is 5.90. The Kier molecular flexibility index (Phi) is 5.59. The number of alkyl halides is 3. The van der Waals surface area contributed by atoms with Crippen LogP contribution in [-0.4, -0.2) is 33.2 Å². The van der Waals surface area contributed by atoms with E-state index in [-0.39, 0.29) is 12.0 Å². The van der Waals surface area contributed by atoms with Crippen LogP contribution >= 0.6 is 0 Å². The summed E-state index contributed by atoms with van der Waals surface area (Å²) in [6.45, 7) is 1.55. The summed E-state index contributed by atoms with van der Waals surface area (Å²) >= 11 is 0. The molecule has 0 saturated carbocycles. The van der Waals surface area contributed by atoms with Gasteiger partial charge in [0.15, 0.2) is 5.71 Å². The Morgan fingerprint density at radius 3 is 2.24 bits per heavy atom. The monoisotopic (exact) mass is 325 g/mol. The maximum absolute atomic E-state index is 12.9. The first-order valence-corrected chi connectivity index (χ1v) is 7.48. The zero-order valence-corrected chi connectivity index (χ0v) is 12.2. The molecule has 0 N–H and O–H groups in total. The molecule has 1 rings (SSSR count). The van der Waals surface area contributed by atoms with Gasteiger partial charge in [0.25, 0.3) is 0 Å². The topological polar surface area (TPSA) is 65.0 Å². The molecule has 5 nitrogen and oxygen atoms in total. The van der Waals surface area contributed by atoms with Gasteiger partial charge in [0, 0.05) is 5.56 Å². The molecule has 9 heteroatoms. The third kappa shape index (κ3) is 5.25. The summed E-state index contributed by atoms with van der Waals surface area (Å²) in [7, 11) is -2.75. The highest BCUT2D eigenvalue weighted by Crippen LogP contribution is 2.24. The zero-order chi connectivity index (χ0) is 16.1. The van der Waals surface area contributed by atoms with E-state index in [1.54, 1.807) is 6.92 Å². The third-order valence-corrected chi connectivity index (χ3v) is 3.54. The van der Waals surface area contributed by atoms with Crippen LogP contribution < -0.4 is 4.74 Å². The molecular weight excluding hydrogens is 311 g/mol. The molecule has 0 aromatic heterocycles. The molecule has 21 heavy (non-hydrogen) atoms. The standard InChI is InChI=1S/C12H14F3NO4S/c1-3-8-21(17,18)20-16-11(12(13,14)15)9-4-6-10(19-2)7-5-9/h4-7H,3,8H2,1-2H3. The highest BCUT2D eigenvalue weighted by atomic mass is 32.2. The molecule has 0 aliphatic heterocycles. The van der Waals surface area contributed by atoms with Gasteiger partial charge >= 0.3 is 16.3 Å². The number of hydrogen-bond donors (Lipinski definition) is 0. The van der Waals surface area contributed by atoms with E-state index in [0.29, 0.717) is 5.75 Å². The second-order valence-electron chi connectivity index (χ2n) is 4.00. The average molecular weight is 325 g/mol. The van der Waals surface area contributed by atoms with E-state index < -0.39 is 27.8 Å². The van der Waals surface area contributed by atoms with Crippen molar-refractivity contribution in [3.05, 3.63) is 29.8 Å². The van der Waals surface area contributed by atoms with Crippen LogP contribution in [0.4, 0.5) is 13.2 Å². The van der Waals surface area contributed by atoms with Crippen molar-refractivity contribution in [2.24, 2.45) is 5.16 Å². The van der Waals surface area contributed by atoms with Gasteiger partial charge in [-0.3, -0.25) is 4.28 Å². The van der Waals surface area contributed by atoms with Crippen LogP contribution in [0.25, 0.3) is 0 Å². The molecule has 0 heterocycles. The van der Waals surface area contributed by atoms with Crippen LogP contribution in [0.1, 0.15) is 18.9 Å². The molecular formula is C12H14F3NO4S. The Balaban J connectivity index is 3.11. The molecule has 0 spiro atoms. The first-order chi connectivity index (χ1) is 9.69. The van der Waals surface area contributed by atoms with E-state index in [1.807, 2.05) is 0 Å². The van der Waals surface area contributed by atoms with Crippen molar-refractivity contribution in [3.8, 4) is 5.75 Å². The molecule has 0 aliphatic rings. The van der Waals surface area contributed by atoms with Crippen LogP contribution in [0, 0.1) is 0 Å². The van der Waals surface area contributed by atoms with E-state index in [2.05, 4.69) is 9.44 Å². The largest absolute Gasteiger partial charge is 0.497 e. The van der Waals surface area contributed by atoms with Gasteiger partial charge in [-0.25, -0.2) is 0 Å². The van der Waals surface area contributed by atoms with E-state index in [0.717, 1.165) is 12.1 Å². The van der Waals surface area contributed by atoms with E-state index >= 15 is 0 Å². The van der Waals surface area contributed by atoms with Gasteiger partial charge in [-0.2, -0.15) is 21.6 Å². The molecule has 0 unspecified atom stereocenters. The fourth-order valence-corrected chi connectivity index (χ4v) is 2.16. The molecule has 1 aromatic rings. The van der Waals surface area contributed by atoms with Gasteiger partial charge in [-0.15, -0.1) is 0 Å². The number of methoxy groups -OCH3 is 1. The minimum atomic E-state index is -4.85. The maximum Gasteiger partial charge on any atom is 0.437 e. The minimum Gasteiger partial charge on any atom is -0.497 e. The van der Waals surface area contributed by atoms with E-state index in [1.165, 1.54) is 19.2 Å². The SMILES string of the molecule is CCCS(=O)(=O)ON=C(c1ccc(OC)cc1)C(F)(F)F. The lowest BCUT2D eigenvalue weighted by atomic mass is 10.1. The van der Waals surface area contributed by atoms with Gasteiger partial charge in [-0.1, -0.05) is 12.1 Å². The van der Waals surface area contributed by atoms with Crippen molar-refractivity contribution in [3.63, 3.8) is 0 Å². The number of rotatable bonds is 6. The van der Waals surface area contributed by atoms with Crippen molar-refractivity contribution in [1.29, 1.82) is 0 Å². The lowest BCUT2D eigenvalue weighted by molar-refractivity contribution is -0.0597. The van der Waals surface area contributed by atoms with Crippen LogP contribution in [0.3, 0.4) is 0 Å². The number of benzene rings is 1.